The summed E-state index contributed by atoms with van der Waals surface area (Å²) in [6.45, 7) is 0.820. The van der Waals surface area contributed by atoms with E-state index in [-0.39, 0.29) is 12.3 Å². The maximum absolute atomic E-state index is 12.9. The van der Waals surface area contributed by atoms with E-state index in [0.29, 0.717) is 36.9 Å². The summed E-state index contributed by atoms with van der Waals surface area (Å²) in [4.78, 5) is 27.3. The molecule has 8 heteroatoms. The lowest BCUT2D eigenvalue weighted by Gasteiger charge is -2.21. The van der Waals surface area contributed by atoms with Crippen LogP contribution in [0.25, 0.3) is 11.5 Å². The van der Waals surface area contributed by atoms with Gasteiger partial charge in [-0.3, -0.25) is 14.8 Å². The smallest absolute Gasteiger partial charge is 0.227 e. The van der Waals surface area contributed by atoms with Crippen molar-refractivity contribution in [2.24, 2.45) is 0 Å². The molecule has 0 atom stereocenters. The van der Waals surface area contributed by atoms with Gasteiger partial charge in [0.1, 0.15) is 11.5 Å². The molecule has 0 radical (unpaired) electrons. The van der Waals surface area contributed by atoms with Gasteiger partial charge < -0.3 is 13.8 Å². The SMILES string of the molecule is O=C(CCc1nc(-c2ccccn2)no1)N(Cc1cccnc1)Cc1ccco1. The fourth-order valence-electron chi connectivity index (χ4n) is 2.86. The Labute approximate surface area is 167 Å². The van der Waals surface area contributed by atoms with E-state index in [0.717, 1.165) is 11.3 Å². The zero-order valence-corrected chi connectivity index (χ0v) is 15.6. The average molecular weight is 389 g/mol. The van der Waals surface area contributed by atoms with E-state index < -0.39 is 0 Å². The zero-order valence-electron chi connectivity index (χ0n) is 15.6. The lowest BCUT2D eigenvalue weighted by atomic mass is 10.2. The molecule has 0 saturated carbocycles. The molecule has 0 aliphatic carbocycles. The third-order valence-corrected chi connectivity index (χ3v) is 4.29. The fourth-order valence-corrected chi connectivity index (χ4v) is 2.86. The largest absolute Gasteiger partial charge is 0.467 e. The molecule has 0 aromatic carbocycles. The molecule has 0 aliphatic heterocycles. The number of aromatic nitrogens is 4. The van der Waals surface area contributed by atoms with Crippen LogP contribution in [-0.2, 0) is 24.3 Å². The van der Waals surface area contributed by atoms with E-state index in [4.69, 9.17) is 8.94 Å². The van der Waals surface area contributed by atoms with Crippen LogP contribution in [0.1, 0.15) is 23.6 Å². The Hall–Kier alpha value is -3.81. The monoisotopic (exact) mass is 389 g/mol. The Balaban J connectivity index is 1.41. The number of hydrogen-bond acceptors (Lipinski definition) is 7. The third-order valence-electron chi connectivity index (χ3n) is 4.29. The Kier molecular flexibility index (Phi) is 5.70. The van der Waals surface area contributed by atoms with Crippen LogP contribution in [-0.4, -0.2) is 30.9 Å². The average Bonchev–Trinajstić information content (AvgIpc) is 3.45. The lowest BCUT2D eigenvalue weighted by molar-refractivity contribution is -0.132. The predicted molar refractivity (Wildman–Crippen MR) is 103 cm³/mol. The van der Waals surface area contributed by atoms with Crippen LogP contribution in [0.2, 0.25) is 0 Å². The van der Waals surface area contributed by atoms with Crippen molar-refractivity contribution < 1.29 is 13.7 Å². The van der Waals surface area contributed by atoms with Crippen molar-refractivity contribution in [3.05, 3.63) is 84.5 Å². The maximum atomic E-state index is 12.9. The van der Waals surface area contributed by atoms with E-state index in [2.05, 4.69) is 20.1 Å². The van der Waals surface area contributed by atoms with Gasteiger partial charge in [0.05, 0.1) is 12.8 Å². The van der Waals surface area contributed by atoms with Crippen molar-refractivity contribution in [2.75, 3.05) is 0 Å². The molecule has 0 aliphatic rings. The number of aryl methyl sites for hydroxylation is 1. The van der Waals surface area contributed by atoms with Crippen LogP contribution < -0.4 is 0 Å². The molecule has 8 nitrogen and oxygen atoms in total. The summed E-state index contributed by atoms with van der Waals surface area (Å²) in [6, 6.07) is 12.9. The highest BCUT2D eigenvalue weighted by Crippen LogP contribution is 2.15. The number of rotatable bonds is 8. The summed E-state index contributed by atoms with van der Waals surface area (Å²) in [6.07, 6.45) is 7.31. The number of hydrogen-bond donors (Lipinski definition) is 0. The van der Waals surface area contributed by atoms with Crippen molar-refractivity contribution in [3.63, 3.8) is 0 Å². The second-order valence-corrected chi connectivity index (χ2v) is 6.42. The number of furan rings is 1. The predicted octanol–water partition coefficient (Wildman–Crippen LogP) is 3.28. The number of carbonyl (C=O) groups is 1. The highest BCUT2D eigenvalue weighted by Gasteiger charge is 2.18. The van der Waals surface area contributed by atoms with Crippen molar-refractivity contribution in [2.45, 2.75) is 25.9 Å². The standard InChI is InChI=1S/C21H19N5O3/c27-20(9-8-19-24-21(25-29-19)18-7-1-2-11-23-18)26(15-17-6-4-12-28-17)14-16-5-3-10-22-13-16/h1-7,10-13H,8-9,14-15H2. The summed E-state index contributed by atoms with van der Waals surface area (Å²) in [5, 5.41) is 3.94. The summed E-state index contributed by atoms with van der Waals surface area (Å²) in [5.74, 6) is 1.49. The first-order valence-corrected chi connectivity index (χ1v) is 9.21. The van der Waals surface area contributed by atoms with Crippen molar-refractivity contribution in [3.8, 4) is 11.5 Å². The molecule has 29 heavy (non-hydrogen) atoms. The molecule has 0 fully saturated rings. The second kappa shape index (κ2) is 8.92. The highest BCUT2D eigenvalue weighted by molar-refractivity contribution is 5.76. The van der Waals surface area contributed by atoms with Gasteiger partial charge in [-0.2, -0.15) is 4.98 Å². The van der Waals surface area contributed by atoms with E-state index in [1.807, 2.05) is 30.3 Å². The first kappa shape index (κ1) is 18.5. The first-order chi connectivity index (χ1) is 14.3. The van der Waals surface area contributed by atoms with Crippen LogP contribution in [0.3, 0.4) is 0 Å². The Morgan fingerprint density at radius 1 is 1.03 bits per heavy atom. The molecule has 4 aromatic heterocycles. The number of pyridine rings is 2. The molecule has 146 valence electrons. The molecule has 0 bridgehead atoms. The minimum absolute atomic E-state index is 0.0390. The van der Waals surface area contributed by atoms with Gasteiger partial charge in [-0.25, -0.2) is 0 Å². The quantitative estimate of drug-likeness (QED) is 0.456. The normalized spacial score (nSPS) is 10.8. The summed E-state index contributed by atoms with van der Waals surface area (Å²) >= 11 is 0. The molecule has 0 unspecified atom stereocenters. The molecule has 4 rings (SSSR count). The molecular weight excluding hydrogens is 370 g/mol. The molecule has 4 heterocycles. The fraction of sp³-hybridized carbons (Fsp3) is 0.190. The maximum Gasteiger partial charge on any atom is 0.227 e. The van der Waals surface area contributed by atoms with Crippen molar-refractivity contribution >= 4 is 5.91 Å². The van der Waals surface area contributed by atoms with Gasteiger partial charge in [0.15, 0.2) is 0 Å². The molecule has 0 spiro atoms. The van der Waals surface area contributed by atoms with E-state index >= 15 is 0 Å². The van der Waals surface area contributed by atoms with Gasteiger partial charge in [0, 0.05) is 38.0 Å². The van der Waals surface area contributed by atoms with Crippen molar-refractivity contribution in [1.29, 1.82) is 0 Å². The number of carbonyl (C=O) groups excluding carboxylic acids is 1. The van der Waals surface area contributed by atoms with E-state index in [9.17, 15) is 4.79 Å². The molecule has 0 saturated heterocycles. The van der Waals surface area contributed by atoms with E-state index in [1.165, 1.54) is 0 Å². The van der Waals surface area contributed by atoms with Crippen LogP contribution in [0, 0.1) is 0 Å². The lowest BCUT2D eigenvalue weighted by Crippen LogP contribution is -2.30. The van der Waals surface area contributed by atoms with Gasteiger partial charge in [-0.15, -0.1) is 0 Å². The minimum atomic E-state index is -0.0390. The second-order valence-electron chi connectivity index (χ2n) is 6.42. The van der Waals surface area contributed by atoms with Gasteiger partial charge in [-0.05, 0) is 35.9 Å². The Bertz CT molecular complexity index is 1030. The van der Waals surface area contributed by atoms with Gasteiger partial charge >= 0.3 is 0 Å². The minimum Gasteiger partial charge on any atom is -0.467 e. The Morgan fingerprint density at radius 3 is 2.76 bits per heavy atom. The van der Waals surface area contributed by atoms with Gasteiger partial charge in [-0.1, -0.05) is 17.3 Å². The zero-order chi connectivity index (χ0) is 19.9. The van der Waals surface area contributed by atoms with Gasteiger partial charge in [0.2, 0.25) is 17.6 Å². The Morgan fingerprint density at radius 2 is 2.00 bits per heavy atom. The topological polar surface area (TPSA) is 98.1 Å². The van der Waals surface area contributed by atoms with Gasteiger partial charge in [0.25, 0.3) is 0 Å². The summed E-state index contributed by atoms with van der Waals surface area (Å²) in [5.41, 5.74) is 1.58. The molecular formula is C21H19N5O3. The molecule has 1 amide bonds. The first-order valence-electron chi connectivity index (χ1n) is 9.21. The van der Waals surface area contributed by atoms with Crippen LogP contribution >= 0.6 is 0 Å². The summed E-state index contributed by atoms with van der Waals surface area (Å²) in [7, 11) is 0. The number of nitrogens with zero attached hydrogens (tertiary/aromatic N) is 5. The number of amides is 1. The van der Waals surface area contributed by atoms with Crippen molar-refractivity contribution in [1.82, 2.24) is 25.0 Å². The summed E-state index contributed by atoms with van der Waals surface area (Å²) < 4.78 is 10.7. The van der Waals surface area contributed by atoms with E-state index in [1.54, 1.807) is 41.9 Å². The third kappa shape index (κ3) is 4.92. The molecule has 0 N–H and O–H groups in total. The molecule has 4 aromatic rings. The van der Waals surface area contributed by atoms with Crippen LogP contribution in [0.15, 0.2) is 76.3 Å². The van der Waals surface area contributed by atoms with Crippen LogP contribution in [0.5, 0.6) is 0 Å². The highest BCUT2D eigenvalue weighted by atomic mass is 16.5. The van der Waals surface area contributed by atoms with Crippen LogP contribution in [0.4, 0.5) is 0 Å².